The van der Waals surface area contributed by atoms with Gasteiger partial charge in [-0.25, -0.2) is 9.18 Å². The molecule has 0 radical (unpaired) electrons. The van der Waals surface area contributed by atoms with Crippen molar-refractivity contribution in [2.45, 2.75) is 45.4 Å². The van der Waals surface area contributed by atoms with Crippen LogP contribution in [-0.4, -0.2) is 19.7 Å². The van der Waals surface area contributed by atoms with E-state index in [4.69, 9.17) is 10.5 Å². The number of carbonyl (C=O) groups is 1. The maximum Gasteiger partial charge on any atom is 0.340 e. The van der Waals surface area contributed by atoms with E-state index in [2.05, 4.69) is 11.7 Å². The molecule has 0 aliphatic rings. The SMILES string of the molecule is CCCCCCCCOc1cc(C(=O)OC)c(N)cc1F. The highest BCUT2D eigenvalue weighted by Crippen LogP contribution is 2.25. The van der Waals surface area contributed by atoms with Gasteiger partial charge in [-0.15, -0.1) is 0 Å². The summed E-state index contributed by atoms with van der Waals surface area (Å²) in [6, 6.07) is 2.39. The van der Waals surface area contributed by atoms with Crippen LogP contribution < -0.4 is 10.5 Å². The van der Waals surface area contributed by atoms with Crippen LogP contribution in [0.25, 0.3) is 0 Å². The summed E-state index contributed by atoms with van der Waals surface area (Å²) >= 11 is 0. The molecule has 0 bridgehead atoms. The summed E-state index contributed by atoms with van der Waals surface area (Å²) in [6.45, 7) is 2.60. The van der Waals surface area contributed by atoms with E-state index in [-0.39, 0.29) is 17.0 Å². The summed E-state index contributed by atoms with van der Waals surface area (Å²) in [5.41, 5.74) is 5.76. The van der Waals surface area contributed by atoms with Gasteiger partial charge in [-0.05, 0) is 12.5 Å². The number of esters is 1. The van der Waals surface area contributed by atoms with Gasteiger partial charge in [0.05, 0.1) is 19.3 Å². The van der Waals surface area contributed by atoms with Crippen LogP contribution in [0.5, 0.6) is 5.75 Å². The largest absolute Gasteiger partial charge is 0.490 e. The summed E-state index contributed by atoms with van der Waals surface area (Å²) in [6.07, 6.45) is 6.76. The average Bonchev–Trinajstić information content (AvgIpc) is 2.47. The zero-order valence-corrected chi connectivity index (χ0v) is 12.8. The molecule has 0 heterocycles. The first-order valence-corrected chi connectivity index (χ1v) is 7.40. The molecule has 0 saturated carbocycles. The predicted molar refractivity (Wildman–Crippen MR) is 81.0 cm³/mol. The molecule has 0 aromatic heterocycles. The number of unbranched alkanes of at least 4 members (excludes halogenated alkanes) is 5. The smallest absolute Gasteiger partial charge is 0.340 e. The first-order chi connectivity index (χ1) is 10.1. The lowest BCUT2D eigenvalue weighted by Gasteiger charge is -2.10. The van der Waals surface area contributed by atoms with E-state index in [1.807, 2.05) is 0 Å². The molecule has 21 heavy (non-hydrogen) atoms. The monoisotopic (exact) mass is 297 g/mol. The second-order valence-electron chi connectivity index (χ2n) is 4.98. The van der Waals surface area contributed by atoms with Crippen LogP contribution in [0, 0.1) is 5.82 Å². The third kappa shape index (κ3) is 5.61. The molecule has 0 aliphatic carbocycles. The zero-order valence-electron chi connectivity index (χ0n) is 12.8. The zero-order chi connectivity index (χ0) is 15.7. The summed E-state index contributed by atoms with van der Waals surface area (Å²) in [5, 5.41) is 0. The minimum absolute atomic E-state index is 0.0400. The molecule has 1 rings (SSSR count). The molecule has 0 fully saturated rings. The van der Waals surface area contributed by atoms with Crippen molar-refractivity contribution in [2.24, 2.45) is 0 Å². The van der Waals surface area contributed by atoms with Crippen LogP contribution in [0.4, 0.5) is 10.1 Å². The first-order valence-electron chi connectivity index (χ1n) is 7.40. The van der Waals surface area contributed by atoms with Gasteiger partial charge in [0.15, 0.2) is 11.6 Å². The molecule has 0 spiro atoms. The minimum atomic E-state index is -0.600. The Hall–Kier alpha value is -1.78. The number of ether oxygens (including phenoxy) is 2. The lowest BCUT2D eigenvalue weighted by molar-refractivity contribution is 0.0601. The highest BCUT2D eigenvalue weighted by molar-refractivity contribution is 5.95. The highest BCUT2D eigenvalue weighted by Gasteiger charge is 2.15. The van der Waals surface area contributed by atoms with Crippen LogP contribution in [-0.2, 0) is 4.74 Å². The Morgan fingerprint density at radius 1 is 1.19 bits per heavy atom. The van der Waals surface area contributed by atoms with Crippen molar-refractivity contribution in [3.8, 4) is 5.75 Å². The molecule has 5 heteroatoms. The van der Waals surface area contributed by atoms with Gasteiger partial charge in [-0.2, -0.15) is 0 Å². The fourth-order valence-electron chi connectivity index (χ4n) is 2.03. The quantitative estimate of drug-likeness (QED) is 0.426. The molecule has 1 aromatic carbocycles. The van der Waals surface area contributed by atoms with Gasteiger partial charge in [0.1, 0.15) is 0 Å². The lowest BCUT2D eigenvalue weighted by Crippen LogP contribution is -2.08. The topological polar surface area (TPSA) is 61.5 Å². The normalized spacial score (nSPS) is 10.4. The number of halogens is 1. The summed E-state index contributed by atoms with van der Waals surface area (Å²) in [4.78, 5) is 11.5. The molecule has 4 nitrogen and oxygen atoms in total. The number of benzene rings is 1. The molecule has 0 aliphatic heterocycles. The average molecular weight is 297 g/mol. The number of carbonyl (C=O) groups excluding carboxylic acids is 1. The van der Waals surface area contributed by atoms with E-state index >= 15 is 0 Å². The second kappa shape index (κ2) is 9.21. The third-order valence-corrected chi connectivity index (χ3v) is 3.26. The summed E-state index contributed by atoms with van der Waals surface area (Å²) in [7, 11) is 1.25. The molecule has 0 atom stereocenters. The molecule has 0 unspecified atom stereocenters. The van der Waals surface area contributed by atoms with Crippen molar-refractivity contribution in [1.82, 2.24) is 0 Å². The number of nitrogen functional groups attached to an aromatic ring is 1. The van der Waals surface area contributed by atoms with E-state index in [1.165, 1.54) is 32.4 Å². The van der Waals surface area contributed by atoms with Crippen LogP contribution in [0.2, 0.25) is 0 Å². The fraction of sp³-hybridized carbons (Fsp3) is 0.562. The molecule has 118 valence electrons. The Morgan fingerprint density at radius 2 is 1.86 bits per heavy atom. The molecule has 2 N–H and O–H groups in total. The molecular formula is C16H24FNO3. The number of hydrogen-bond donors (Lipinski definition) is 1. The van der Waals surface area contributed by atoms with E-state index in [0.717, 1.165) is 25.3 Å². The lowest BCUT2D eigenvalue weighted by atomic mass is 10.1. The Balaban J connectivity index is 2.49. The maximum atomic E-state index is 13.7. The fourth-order valence-corrected chi connectivity index (χ4v) is 2.03. The van der Waals surface area contributed by atoms with Gasteiger partial charge in [-0.3, -0.25) is 0 Å². The van der Waals surface area contributed by atoms with Crippen molar-refractivity contribution < 1.29 is 18.7 Å². The molecule has 0 amide bonds. The van der Waals surface area contributed by atoms with Crippen molar-refractivity contribution >= 4 is 11.7 Å². The number of nitrogens with two attached hydrogens (primary N) is 1. The highest BCUT2D eigenvalue weighted by atomic mass is 19.1. The summed E-state index contributed by atoms with van der Waals surface area (Å²) < 4.78 is 23.7. The maximum absolute atomic E-state index is 13.7. The van der Waals surface area contributed by atoms with Gasteiger partial charge in [0.2, 0.25) is 0 Å². The van der Waals surface area contributed by atoms with Crippen LogP contribution in [0.1, 0.15) is 55.8 Å². The Kier molecular flexibility index (Phi) is 7.58. The van der Waals surface area contributed by atoms with Gasteiger partial charge in [0, 0.05) is 11.8 Å². The van der Waals surface area contributed by atoms with Crippen LogP contribution in [0.15, 0.2) is 12.1 Å². The van der Waals surface area contributed by atoms with Crippen LogP contribution >= 0.6 is 0 Å². The number of methoxy groups -OCH3 is 1. The Bertz CT molecular complexity index is 463. The van der Waals surface area contributed by atoms with Crippen molar-refractivity contribution in [2.75, 3.05) is 19.5 Å². The van der Waals surface area contributed by atoms with Crippen LogP contribution in [0.3, 0.4) is 0 Å². The first kappa shape index (κ1) is 17.3. The van der Waals surface area contributed by atoms with Crippen molar-refractivity contribution in [1.29, 1.82) is 0 Å². The Labute approximate surface area is 125 Å². The molecular weight excluding hydrogens is 273 g/mol. The molecule has 1 aromatic rings. The van der Waals surface area contributed by atoms with Gasteiger partial charge in [-0.1, -0.05) is 39.0 Å². The number of hydrogen-bond acceptors (Lipinski definition) is 4. The van der Waals surface area contributed by atoms with Crippen molar-refractivity contribution in [3.05, 3.63) is 23.5 Å². The van der Waals surface area contributed by atoms with Gasteiger partial charge in [0.25, 0.3) is 0 Å². The standard InChI is InChI=1S/C16H24FNO3/c1-3-4-5-6-7-8-9-21-15-10-12(16(19)20-2)14(18)11-13(15)17/h10-11H,3-9,18H2,1-2H3. The summed E-state index contributed by atoms with van der Waals surface area (Å²) in [5.74, 6) is -1.12. The van der Waals surface area contributed by atoms with Gasteiger partial charge >= 0.3 is 5.97 Å². The number of anilines is 1. The number of rotatable bonds is 9. The van der Waals surface area contributed by atoms with E-state index in [9.17, 15) is 9.18 Å². The van der Waals surface area contributed by atoms with E-state index < -0.39 is 11.8 Å². The van der Waals surface area contributed by atoms with E-state index in [1.54, 1.807) is 0 Å². The second-order valence-corrected chi connectivity index (χ2v) is 4.98. The van der Waals surface area contributed by atoms with E-state index in [0.29, 0.717) is 6.61 Å². The van der Waals surface area contributed by atoms with Crippen molar-refractivity contribution in [3.63, 3.8) is 0 Å². The predicted octanol–water partition coefficient (Wildman–Crippen LogP) is 3.93. The Morgan fingerprint density at radius 3 is 2.52 bits per heavy atom. The minimum Gasteiger partial charge on any atom is -0.490 e. The van der Waals surface area contributed by atoms with Gasteiger partial charge < -0.3 is 15.2 Å². The third-order valence-electron chi connectivity index (χ3n) is 3.26. The molecule has 0 saturated heterocycles.